The number of nitro groups is 1. The first-order valence-corrected chi connectivity index (χ1v) is 7.29. The second-order valence-electron chi connectivity index (χ2n) is 5.41. The van der Waals surface area contributed by atoms with Gasteiger partial charge in [0.2, 0.25) is 5.82 Å². The molecule has 0 bridgehead atoms. The van der Waals surface area contributed by atoms with Crippen molar-refractivity contribution >= 4 is 11.5 Å². The summed E-state index contributed by atoms with van der Waals surface area (Å²) in [5, 5.41) is 13.9. The van der Waals surface area contributed by atoms with E-state index in [1.54, 1.807) is 13.0 Å². The molecule has 1 aromatic rings. The molecule has 1 aliphatic carbocycles. The van der Waals surface area contributed by atoms with Gasteiger partial charge in [0.05, 0.1) is 17.6 Å². The monoisotopic (exact) mass is 294 g/mol. The number of nitrogens with zero attached hydrogens (tertiary/aromatic N) is 2. The van der Waals surface area contributed by atoms with Gasteiger partial charge in [0.25, 0.3) is 0 Å². The summed E-state index contributed by atoms with van der Waals surface area (Å²) in [5.41, 5.74) is 6.58. The molecular formula is C14H22N4O3. The fourth-order valence-electron chi connectivity index (χ4n) is 2.48. The highest BCUT2D eigenvalue weighted by Gasteiger charge is 2.19. The van der Waals surface area contributed by atoms with Crippen molar-refractivity contribution < 1.29 is 9.66 Å². The minimum atomic E-state index is -0.432. The Morgan fingerprint density at radius 3 is 2.81 bits per heavy atom. The first kappa shape index (κ1) is 15.7. The SMILES string of the molecule is Cc1ccc([N+](=O)[O-])c(NCCOC2CCC(N)CC2)n1. The Balaban J connectivity index is 1.78. The summed E-state index contributed by atoms with van der Waals surface area (Å²) < 4.78 is 5.77. The molecule has 1 aliphatic rings. The first-order valence-electron chi connectivity index (χ1n) is 7.29. The summed E-state index contributed by atoms with van der Waals surface area (Å²) in [7, 11) is 0. The summed E-state index contributed by atoms with van der Waals surface area (Å²) in [6.45, 7) is 2.81. The number of ether oxygens (including phenoxy) is 1. The Kier molecular flexibility index (Phi) is 5.46. The Morgan fingerprint density at radius 2 is 2.14 bits per heavy atom. The fourth-order valence-corrected chi connectivity index (χ4v) is 2.48. The maximum atomic E-state index is 10.9. The van der Waals surface area contributed by atoms with Crippen molar-refractivity contribution in [1.29, 1.82) is 0 Å². The number of rotatable bonds is 6. The van der Waals surface area contributed by atoms with Gasteiger partial charge in [0.15, 0.2) is 0 Å². The van der Waals surface area contributed by atoms with Gasteiger partial charge < -0.3 is 15.8 Å². The Bertz CT molecular complexity index is 487. The summed E-state index contributed by atoms with van der Waals surface area (Å²) in [6.07, 6.45) is 4.24. The van der Waals surface area contributed by atoms with E-state index in [9.17, 15) is 10.1 Å². The molecule has 0 aromatic carbocycles. The molecule has 7 nitrogen and oxygen atoms in total. The molecule has 0 saturated heterocycles. The molecule has 1 aromatic heterocycles. The molecule has 0 unspecified atom stereocenters. The molecule has 1 saturated carbocycles. The molecule has 0 amide bonds. The van der Waals surface area contributed by atoms with Crippen LogP contribution in [0.15, 0.2) is 12.1 Å². The predicted molar refractivity (Wildman–Crippen MR) is 80.3 cm³/mol. The van der Waals surface area contributed by atoms with E-state index < -0.39 is 4.92 Å². The van der Waals surface area contributed by atoms with E-state index in [-0.39, 0.29) is 11.8 Å². The number of aryl methyl sites for hydroxylation is 1. The summed E-state index contributed by atoms with van der Waals surface area (Å²) in [6, 6.07) is 3.40. The van der Waals surface area contributed by atoms with E-state index in [4.69, 9.17) is 10.5 Å². The maximum absolute atomic E-state index is 10.9. The smallest absolute Gasteiger partial charge is 0.311 e. The van der Waals surface area contributed by atoms with Gasteiger partial charge in [0.1, 0.15) is 0 Å². The molecule has 2 rings (SSSR count). The number of aromatic nitrogens is 1. The topological polar surface area (TPSA) is 103 Å². The van der Waals surface area contributed by atoms with Gasteiger partial charge in [-0.2, -0.15) is 0 Å². The largest absolute Gasteiger partial charge is 0.376 e. The van der Waals surface area contributed by atoms with Crippen molar-refractivity contribution in [2.45, 2.75) is 44.8 Å². The van der Waals surface area contributed by atoms with Crippen molar-refractivity contribution in [2.24, 2.45) is 5.73 Å². The normalized spacial score (nSPS) is 22.0. The van der Waals surface area contributed by atoms with Crippen molar-refractivity contribution in [2.75, 3.05) is 18.5 Å². The van der Waals surface area contributed by atoms with E-state index in [1.807, 2.05) is 0 Å². The van der Waals surface area contributed by atoms with Crippen LogP contribution in [0.3, 0.4) is 0 Å². The zero-order valence-corrected chi connectivity index (χ0v) is 12.2. The summed E-state index contributed by atoms with van der Waals surface area (Å²) in [4.78, 5) is 14.7. The minimum absolute atomic E-state index is 0.00996. The lowest BCUT2D eigenvalue weighted by atomic mass is 9.94. The fraction of sp³-hybridized carbons (Fsp3) is 0.643. The quantitative estimate of drug-likeness (QED) is 0.472. The molecule has 0 radical (unpaired) electrons. The summed E-state index contributed by atoms with van der Waals surface area (Å²) in [5.74, 6) is 0.300. The average Bonchev–Trinajstić information content (AvgIpc) is 2.45. The molecular weight excluding hydrogens is 272 g/mol. The van der Waals surface area contributed by atoms with Gasteiger partial charge in [-0.15, -0.1) is 0 Å². The van der Waals surface area contributed by atoms with Gasteiger partial charge in [-0.1, -0.05) is 0 Å². The van der Waals surface area contributed by atoms with Crippen LogP contribution in [0.4, 0.5) is 11.5 Å². The number of hydrogen-bond acceptors (Lipinski definition) is 6. The van der Waals surface area contributed by atoms with E-state index in [1.165, 1.54) is 6.07 Å². The third kappa shape index (κ3) is 4.64. The Hall–Kier alpha value is -1.73. The summed E-state index contributed by atoms with van der Waals surface area (Å²) >= 11 is 0. The standard InChI is InChI=1S/C14H22N4O3/c1-10-2-7-13(18(19)20)14(17-10)16-8-9-21-12-5-3-11(15)4-6-12/h2,7,11-12H,3-6,8-9,15H2,1H3,(H,16,17). The molecule has 7 heteroatoms. The van der Waals surface area contributed by atoms with Crippen LogP contribution in [0.2, 0.25) is 0 Å². The maximum Gasteiger partial charge on any atom is 0.311 e. The number of pyridine rings is 1. The zero-order chi connectivity index (χ0) is 15.2. The van der Waals surface area contributed by atoms with Crippen LogP contribution >= 0.6 is 0 Å². The van der Waals surface area contributed by atoms with Crippen LogP contribution in [0.1, 0.15) is 31.4 Å². The lowest BCUT2D eigenvalue weighted by Gasteiger charge is -2.26. The Morgan fingerprint density at radius 1 is 1.43 bits per heavy atom. The van der Waals surface area contributed by atoms with E-state index in [2.05, 4.69) is 10.3 Å². The van der Waals surface area contributed by atoms with Gasteiger partial charge in [-0.25, -0.2) is 4.98 Å². The highest BCUT2D eigenvalue weighted by atomic mass is 16.6. The number of hydrogen-bond donors (Lipinski definition) is 2. The lowest BCUT2D eigenvalue weighted by Crippen LogP contribution is -2.31. The predicted octanol–water partition coefficient (Wildman–Crippen LogP) is 2.00. The van der Waals surface area contributed by atoms with Gasteiger partial charge in [-0.3, -0.25) is 10.1 Å². The van der Waals surface area contributed by atoms with Crippen LogP contribution in [0, 0.1) is 17.0 Å². The number of nitrogens with two attached hydrogens (primary N) is 1. The molecule has 3 N–H and O–H groups in total. The molecule has 21 heavy (non-hydrogen) atoms. The Labute approximate surface area is 124 Å². The minimum Gasteiger partial charge on any atom is -0.376 e. The third-order valence-electron chi connectivity index (χ3n) is 3.68. The molecule has 0 aliphatic heterocycles. The van der Waals surface area contributed by atoms with Crippen LogP contribution in [-0.4, -0.2) is 35.2 Å². The second kappa shape index (κ2) is 7.33. The van der Waals surface area contributed by atoms with Crippen LogP contribution in [0.25, 0.3) is 0 Å². The lowest BCUT2D eigenvalue weighted by molar-refractivity contribution is -0.384. The molecule has 0 atom stereocenters. The third-order valence-corrected chi connectivity index (χ3v) is 3.68. The number of nitrogens with one attached hydrogen (secondary N) is 1. The highest BCUT2D eigenvalue weighted by molar-refractivity contribution is 5.55. The first-order chi connectivity index (χ1) is 10.1. The number of anilines is 1. The van der Waals surface area contributed by atoms with Crippen molar-refractivity contribution in [1.82, 2.24) is 4.98 Å². The van der Waals surface area contributed by atoms with Crippen molar-refractivity contribution in [3.05, 3.63) is 27.9 Å². The van der Waals surface area contributed by atoms with E-state index >= 15 is 0 Å². The zero-order valence-electron chi connectivity index (χ0n) is 12.2. The molecule has 1 heterocycles. The van der Waals surface area contributed by atoms with Gasteiger partial charge >= 0.3 is 5.69 Å². The molecule has 1 fully saturated rings. The van der Waals surface area contributed by atoms with Crippen molar-refractivity contribution in [3.63, 3.8) is 0 Å². The van der Waals surface area contributed by atoms with Gasteiger partial charge in [-0.05, 0) is 38.7 Å². The molecule has 0 spiro atoms. The van der Waals surface area contributed by atoms with E-state index in [0.717, 1.165) is 31.4 Å². The average molecular weight is 294 g/mol. The van der Waals surface area contributed by atoms with Crippen molar-refractivity contribution in [3.8, 4) is 0 Å². The van der Waals surface area contributed by atoms with Crippen LogP contribution in [-0.2, 0) is 4.74 Å². The van der Waals surface area contributed by atoms with Gasteiger partial charge in [0, 0.05) is 24.3 Å². The van der Waals surface area contributed by atoms with Crippen LogP contribution < -0.4 is 11.1 Å². The highest BCUT2D eigenvalue weighted by Crippen LogP contribution is 2.22. The van der Waals surface area contributed by atoms with Crippen LogP contribution in [0.5, 0.6) is 0 Å². The van der Waals surface area contributed by atoms with E-state index in [0.29, 0.717) is 25.0 Å². The molecule has 116 valence electrons. The second-order valence-corrected chi connectivity index (χ2v) is 5.41.